The maximum atomic E-state index is 5.72. The second-order valence-electron chi connectivity index (χ2n) is 4.77. The molecular weight excluding hydrogens is 338 g/mol. The van der Waals surface area contributed by atoms with E-state index in [0.29, 0.717) is 6.54 Å². The lowest BCUT2D eigenvalue weighted by molar-refractivity contribution is 0.354. The van der Waals surface area contributed by atoms with E-state index < -0.39 is 0 Å². The van der Waals surface area contributed by atoms with Gasteiger partial charge in [-0.15, -0.1) is 0 Å². The normalized spacial score (nSPS) is 13.1. The molecule has 0 amide bonds. The largest absolute Gasteiger partial charge is 0.493 e. The average Bonchev–Trinajstić information content (AvgIpc) is 3.05. The number of halogens is 1. The third-order valence-corrected chi connectivity index (χ3v) is 4.37. The number of benzene rings is 1. The van der Waals surface area contributed by atoms with Gasteiger partial charge in [0.1, 0.15) is 11.6 Å². The predicted octanol–water partition coefficient (Wildman–Crippen LogP) is 3.80. The van der Waals surface area contributed by atoms with Crippen LogP contribution in [-0.2, 0) is 19.4 Å². The molecule has 2 aromatic rings. The number of aromatic nitrogens is 2. The smallest absolute Gasteiger partial charge is 0.202 e. The van der Waals surface area contributed by atoms with Gasteiger partial charge in [0.15, 0.2) is 0 Å². The number of hydrogen-bond acceptors (Lipinski definition) is 5. The van der Waals surface area contributed by atoms with E-state index in [0.717, 1.165) is 47.0 Å². The van der Waals surface area contributed by atoms with Crippen LogP contribution in [0.15, 0.2) is 16.6 Å². The van der Waals surface area contributed by atoms with E-state index in [1.807, 2.05) is 0 Å². The summed E-state index contributed by atoms with van der Waals surface area (Å²) < 4.78 is 11.2. The molecule has 2 heterocycles. The van der Waals surface area contributed by atoms with Crippen molar-refractivity contribution in [2.45, 2.75) is 32.7 Å². The van der Waals surface area contributed by atoms with Crippen molar-refractivity contribution >= 4 is 32.6 Å². The number of ether oxygens (including phenoxy) is 1. The Morgan fingerprint density at radius 3 is 3.20 bits per heavy atom. The predicted molar refractivity (Wildman–Crippen MR) is 84.6 cm³/mol. The molecule has 0 aliphatic carbocycles. The third kappa shape index (κ3) is 2.96. The second kappa shape index (κ2) is 6.10. The minimum absolute atomic E-state index is 0.711. The van der Waals surface area contributed by atoms with Crippen molar-refractivity contribution in [3.8, 4) is 5.75 Å². The summed E-state index contributed by atoms with van der Waals surface area (Å²) in [6, 6.07) is 4.24. The summed E-state index contributed by atoms with van der Waals surface area (Å²) in [6.45, 7) is 3.62. The Kier molecular flexibility index (Phi) is 4.21. The quantitative estimate of drug-likeness (QED) is 0.887. The zero-order valence-corrected chi connectivity index (χ0v) is 13.7. The molecule has 0 radical (unpaired) electrons. The Balaban J connectivity index is 1.72. The standard InChI is InChI=1S/C14H16BrN3OS/c1-2-3-12-17-14(20-18-12)16-8-10-7-11(15)6-9-4-5-19-13(9)10/h6-7H,2-5,8H2,1H3,(H,16,17,18). The number of aryl methyl sites for hydroxylation is 1. The first-order valence-electron chi connectivity index (χ1n) is 6.77. The first-order chi connectivity index (χ1) is 9.76. The van der Waals surface area contributed by atoms with Crippen LogP contribution in [0, 0.1) is 0 Å². The first kappa shape index (κ1) is 13.8. The molecule has 3 rings (SSSR count). The lowest BCUT2D eigenvalue weighted by atomic mass is 10.1. The number of fused-ring (bicyclic) bond motifs is 1. The van der Waals surface area contributed by atoms with E-state index in [-0.39, 0.29) is 0 Å². The van der Waals surface area contributed by atoms with Crippen LogP contribution in [0.1, 0.15) is 30.3 Å². The fourth-order valence-electron chi connectivity index (χ4n) is 2.30. The minimum Gasteiger partial charge on any atom is -0.493 e. The van der Waals surface area contributed by atoms with Crippen molar-refractivity contribution < 1.29 is 4.74 Å². The fraction of sp³-hybridized carbons (Fsp3) is 0.429. The van der Waals surface area contributed by atoms with Crippen LogP contribution in [-0.4, -0.2) is 16.0 Å². The van der Waals surface area contributed by atoms with Gasteiger partial charge in [0.25, 0.3) is 0 Å². The summed E-state index contributed by atoms with van der Waals surface area (Å²) in [5.41, 5.74) is 2.44. The monoisotopic (exact) mass is 353 g/mol. The summed E-state index contributed by atoms with van der Waals surface area (Å²) >= 11 is 4.98. The van der Waals surface area contributed by atoms with Gasteiger partial charge in [-0.3, -0.25) is 0 Å². The molecule has 0 saturated heterocycles. The number of anilines is 1. The topological polar surface area (TPSA) is 47.0 Å². The molecule has 1 N–H and O–H groups in total. The highest BCUT2D eigenvalue weighted by molar-refractivity contribution is 9.10. The third-order valence-electron chi connectivity index (χ3n) is 3.20. The Labute approximate surface area is 130 Å². The molecular formula is C14H16BrN3OS. The van der Waals surface area contributed by atoms with E-state index in [1.165, 1.54) is 22.7 Å². The van der Waals surface area contributed by atoms with Crippen LogP contribution >= 0.6 is 27.5 Å². The lowest BCUT2D eigenvalue weighted by Gasteiger charge is -2.09. The van der Waals surface area contributed by atoms with Gasteiger partial charge in [-0.1, -0.05) is 22.9 Å². The van der Waals surface area contributed by atoms with Gasteiger partial charge in [0, 0.05) is 41.0 Å². The Morgan fingerprint density at radius 2 is 2.35 bits per heavy atom. The van der Waals surface area contributed by atoms with Crippen LogP contribution < -0.4 is 10.1 Å². The SMILES string of the molecule is CCCc1nsc(NCc2cc(Br)cc3c2OCC3)n1. The maximum absolute atomic E-state index is 5.72. The van der Waals surface area contributed by atoms with Crippen LogP contribution in [0.5, 0.6) is 5.75 Å². The number of nitrogens with zero attached hydrogens (tertiary/aromatic N) is 2. The number of rotatable bonds is 5. The van der Waals surface area contributed by atoms with Gasteiger partial charge in [-0.2, -0.15) is 4.37 Å². The van der Waals surface area contributed by atoms with Crippen LogP contribution in [0.4, 0.5) is 5.13 Å². The van der Waals surface area contributed by atoms with Crippen molar-refractivity contribution in [2.24, 2.45) is 0 Å². The molecule has 4 nitrogen and oxygen atoms in total. The highest BCUT2D eigenvalue weighted by Crippen LogP contribution is 2.33. The molecule has 1 aliphatic heterocycles. The van der Waals surface area contributed by atoms with E-state index in [2.05, 4.69) is 49.7 Å². The van der Waals surface area contributed by atoms with Gasteiger partial charge in [0.2, 0.25) is 5.13 Å². The van der Waals surface area contributed by atoms with Crippen molar-refractivity contribution in [2.75, 3.05) is 11.9 Å². The highest BCUT2D eigenvalue weighted by Gasteiger charge is 2.17. The van der Waals surface area contributed by atoms with E-state index in [1.54, 1.807) is 0 Å². The molecule has 0 fully saturated rings. The van der Waals surface area contributed by atoms with Crippen molar-refractivity contribution in [1.82, 2.24) is 9.36 Å². The summed E-state index contributed by atoms with van der Waals surface area (Å²) in [6.07, 6.45) is 3.00. The van der Waals surface area contributed by atoms with E-state index in [4.69, 9.17) is 4.74 Å². The molecule has 0 bridgehead atoms. The Morgan fingerprint density at radius 1 is 1.45 bits per heavy atom. The highest BCUT2D eigenvalue weighted by atomic mass is 79.9. The first-order valence-corrected chi connectivity index (χ1v) is 8.33. The van der Waals surface area contributed by atoms with E-state index in [9.17, 15) is 0 Å². The summed E-state index contributed by atoms with van der Waals surface area (Å²) in [5, 5.41) is 4.22. The molecule has 0 atom stereocenters. The van der Waals surface area contributed by atoms with Crippen molar-refractivity contribution in [3.63, 3.8) is 0 Å². The van der Waals surface area contributed by atoms with Crippen molar-refractivity contribution in [3.05, 3.63) is 33.6 Å². The zero-order chi connectivity index (χ0) is 13.9. The van der Waals surface area contributed by atoms with Crippen LogP contribution in [0.25, 0.3) is 0 Å². The molecule has 0 unspecified atom stereocenters. The number of hydrogen-bond donors (Lipinski definition) is 1. The van der Waals surface area contributed by atoms with Crippen LogP contribution in [0.3, 0.4) is 0 Å². The molecule has 1 aliphatic rings. The van der Waals surface area contributed by atoms with Gasteiger partial charge in [0.05, 0.1) is 6.61 Å². The average molecular weight is 354 g/mol. The Hall–Kier alpha value is -1.14. The lowest BCUT2D eigenvalue weighted by Crippen LogP contribution is -2.01. The molecule has 20 heavy (non-hydrogen) atoms. The maximum Gasteiger partial charge on any atom is 0.202 e. The number of nitrogens with one attached hydrogen (secondary N) is 1. The van der Waals surface area contributed by atoms with Crippen molar-refractivity contribution in [1.29, 1.82) is 0 Å². The van der Waals surface area contributed by atoms with Gasteiger partial charge < -0.3 is 10.1 Å². The molecule has 0 saturated carbocycles. The zero-order valence-electron chi connectivity index (χ0n) is 11.3. The summed E-state index contributed by atoms with van der Waals surface area (Å²) in [5.74, 6) is 1.95. The van der Waals surface area contributed by atoms with E-state index >= 15 is 0 Å². The fourth-order valence-corrected chi connectivity index (χ4v) is 3.46. The molecule has 6 heteroatoms. The summed E-state index contributed by atoms with van der Waals surface area (Å²) in [4.78, 5) is 4.47. The van der Waals surface area contributed by atoms with Gasteiger partial charge in [-0.05, 0) is 24.1 Å². The molecule has 1 aromatic heterocycles. The van der Waals surface area contributed by atoms with Gasteiger partial charge >= 0.3 is 0 Å². The molecule has 0 spiro atoms. The van der Waals surface area contributed by atoms with Crippen LogP contribution in [0.2, 0.25) is 0 Å². The molecule has 106 valence electrons. The minimum atomic E-state index is 0.711. The molecule has 1 aromatic carbocycles. The second-order valence-corrected chi connectivity index (χ2v) is 6.44. The Bertz CT molecular complexity index is 614. The summed E-state index contributed by atoms with van der Waals surface area (Å²) in [7, 11) is 0. The van der Waals surface area contributed by atoms with Gasteiger partial charge in [-0.25, -0.2) is 4.98 Å².